The molecule has 0 aromatic heterocycles. The van der Waals surface area contributed by atoms with Crippen LogP contribution in [0.1, 0.15) is 28.4 Å². The Labute approximate surface area is 206 Å². The molecule has 0 saturated heterocycles. The van der Waals surface area contributed by atoms with Crippen molar-refractivity contribution in [2.75, 3.05) is 31.4 Å². The minimum atomic E-state index is -3.52. The normalized spacial score (nSPS) is 11.0. The molecule has 3 rings (SSSR count). The molecule has 9 heteroatoms. The zero-order valence-corrected chi connectivity index (χ0v) is 21.1. The fourth-order valence-electron chi connectivity index (χ4n) is 3.48. The van der Waals surface area contributed by atoms with Gasteiger partial charge in [0.15, 0.2) is 11.5 Å². The summed E-state index contributed by atoms with van der Waals surface area (Å²) in [6.45, 7) is 2.88. The van der Waals surface area contributed by atoms with Crippen molar-refractivity contribution in [3.63, 3.8) is 0 Å². The molecule has 0 bridgehead atoms. The van der Waals surface area contributed by atoms with Gasteiger partial charge in [0.1, 0.15) is 5.75 Å². The number of hydrogen-bond acceptors (Lipinski definition) is 6. The lowest BCUT2D eigenvalue weighted by Crippen LogP contribution is -2.29. The molecule has 0 radical (unpaired) electrons. The van der Waals surface area contributed by atoms with Crippen molar-refractivity contribution in [2.24, 2.45) is 0 Å². The maximum absolute atomic E-state index is 12.6. The van der Waals surface area contributed by atoms with Crippen molar-refractivity contribution in [2.45, 2.75) is 20.0 Å². The van der Waals surface area contributed by atoms with Crippen LogP contribution in [-0.4, -0.2) is 41.4 Å². The third-order valence-corrected chi connectivity index (χ3v) is 6.42. The second-order valence-electron chi connectivity index (χ2n) is 7.77. The Balaban J connectivity index is 1.67. The number of nitrogens with one attached hydrogen (secondary N) is 1. The van der Waals surface area contributed by atoms with Gasteiger partial charge in [-0.25, -0.2) is 8.42 Å². The Kier molecular flexibility index (Phi) is 8.59. The number of benzene rings is 3. The summed E-state index contributed by atoms with van der Waals surface area (Å²) in [5.41, 5.74) is 2.63. The van der Waals surface area contributed by atoms with Gasteiger partial charge < -0.3 is 19.5 Å². The highest BCUT2D eigenvalue weighted by atomic mass is 32.2. The molecule has 0 heterocycles. The molecule has 0 saturated carbocycles. The number of methoxy groups -OCH3 is 2. The van der Waals surface area contributed by atoms with E-state index in [0.29, 0.717) is 41.7 Å². The molecule has 0 aliphatic rings. The van der Waals surface area contributed by atoms with Gasteiger partial charge in [-0.3, -0.25) is 9.10 Å². The second-order valence-corrected chi connectivity index (χ2v) is 9.67. The van der Waals surface area contributed by atoms with E-state index < -0.39 is 10.0 Å². The summed E-state index contributed by atoms with van der Waals surface area (Å²) in [5, 5.41) is 2.88. The van der Waals surface area contributed by atoms with Gasteiger partial charge >= 0.3 is 0 Å². The van der Waals surface area contributed by atoms with Gasteiger partial charge in [-0.05, 0) is 66.6 Å². The monoisotopic (exact) mass is 498 g/mol. The van der Waals surface area contributed by atoms with Crippen molar-refractivity contribution in [3.8, 4) is 17.2 Å². The largest absolute Gasteiger partial charge is 0.494 e. The van der Waals surface area contributed by atoms with Gasteiger partial charge in [0.2, 0.25) is 10.0 Å². The lowest BCUT2D eigenvalue weighted by molar-refractivity contribution is 0.0951. The minimum absolute atomic E-state index is 0.139. The van der Waals surface area contributed by atoms with Crippen LogP contribution in [-0.2, 0) is 23.1 Å². The van der Waals surface area contributed by atoms with E-state index in [1.807, 2.05) is 19.1 Å². The van der Waals surface area contributed by atoms with Gasteiger partial charge in [-0.1, -0.05) is 18.2 Å². The van der Waals surface area contributed by atoms with Crippen LogP contribution in [0.15, 0.2) is 66.7 Å². The summed E-state index contributed by atoms with van der Waals surface area (Å²) >= 11 is 0. The summed E-state index contributed by atoms with van der Waals surface area (Å²) in [4.78, 5) is 12.6. The first-order chi connectivity index (χ1) is 16.7. The van der Waals surface area contributed by atoms with Crippen LogP contribution in [0.2, 0.25) is 0 Å². The van der Waals surface area contributed by atoms with E-state index in [4.69, 9.17) is 14.2 Å². The highest BCUT2D eigenvalue weighted by Crippen LogP contribution is 2.27. The zero-order valence-electron chi connectivity index (χ0n) is 20.3. The zero-order chi connectivity index (χ0) is 25.4. The summed E-state index contributed by atoms with van der Waals surface area (Å²) in [6, 6.07) is 19.2. The van der Waals surface area contributed by atoms with Gasteiger partial charge in [-0.2, -0.15) is 0 Å². The van der Waals surface area contributed by atoms with Crippen LogP contribution in [0.5, 0.6) is 17.2 Å². The molecule has 0 atom stereocenters. The molecule has 0 fully saturated rings. The molecule has 186 valence electrons. The molecule has 0 spiro atoms. The predicted molar refractivity (Wildman–Crippen MR) is 136 cm³/mol. The predicted octanol–water partition coefficient (Wildman–Crippen LogP) is 4.00. The third kappa shape index (κ3) is 6.89. The average molecular weight is 499 g/mol. The summed E-state index contributed by atoms with van der Waals surface area (Å²) < 4.78 is 42.2. The van der Waals surface area contributed by atoms with Crippen molar-refractivity contribution < 1.29 is 27.4 Å². The lowest BCUT2D eigenvalue weighted by Gasteiger charge is -2.23. The van der Waals surface area contributed by atoms with Crippen LogP contribution in [0.3, 0.4) is 0 Å². The number of nitrogens with zero attached hydrogens (tertiary/aromatic N) is 1. The quantitative estimate of drug-likeness (QED) is 0.430. The minimum Gasteiger partial charge on any atom is -0.494 e. The Morgan fingerprint density at radius 1 is 0.886 bits per heavy atom. The molecular weight excluding hydrogens is 468 g/mol. The van der Waals surface area contributed by atoms with Crippen molar-refractivity contribution >= 4 is 21.6 Å². The van der Waals surface area contributed by atoms with E-state index >= 15 is 0 Å². The molecule has 1 N–H and O–H groups in total. The number of hydrogen-bond donors (Lipinski definition) is 1. The fourth-order valence-corrected chi connectivity index (χ4v) is 4.37. The number of rotatable bonds is 11. The molecule has 8 nitrogen and oxygen atoms in total. The van der Waals surface area contributed by atoms with Crippen LogP contribution in [0, 0.1) is 0 Å². The van der Waals surface area contributed by atoms with E-state index in [1.165, 1.54) is 10.6 Å². The van der Waals surface area contributed by atoms with Crippen LogP contribution in [0.25, 0.3) is 0 Å². The van der Waals surface area contributed by atoms with E-state index in [1.54, 1.807) is 68.8 Å². The number of amides is 1. The van der Waals surface area contributed by atoms with E-state index in [9.17, 15) is 13.2 Å². The van der Waals surface area contributed by atoms with Gasteiger partial charge in [0.25, 0.3) is 5.91 Å². The molecule has 1 amide bonds. The smallest absolute Gasteiger partial charge is 0.251 e. The van der Waals surface area contributed by atoms with Crippen LogP contribution in [0.4, 0.5) is 5.69 Å². The summed E-state index contributed by atoms with van der Waals surface area (Å²) in [7, 11) is -0.400. The van der Waals surface area contributed by atoms with Crippen molar-refractivity contribution in [1.29, 1.82) is 0 Å². The van der Waals surface area contributed by atoms with Gasteiger partial charge in [0.05, 0.1) is 39.3 Å². The second kappa shape index (κ2) is 11.6. The van der Waals surface area contributed by atoms with Crippen LogP contribution >= 0.6 is 0 Å². The molecule has 0 aliphatic carbocycles. The molecule has 3 aromatic carbocycles. The average Bonchev–Trinajstić information content (AvgIpc) is 2.86. The summed E-state index contributed by atoms with van der Waals surface area (Å²) in [5.74, 6) is 1.64. The maximum Gasteiger partial charge on any atom is 0.251 e. The number of carbonyl (C=O) groups excluding carboxylic acids is 1. The molecule has 35 heavy (non-hydrogen) atoms. The van der Waals surface area contributed by atoms with Gasteiger partial charge in [0, 0.05) is 12.1 Å². The highest BCUT2D eigenvalue weighted by molar-refractivity contribution is 7.92. The van der Waals surface area contributed by atoms with E-state index in [-0.39, 0.29) is 12.5 Å². The van der Waals surface area contributed by atoms with Crippen molar-refractivity contribution in [3.05, 3.63) is 83.4 Å². The molecule has 0 unspecified atom stereocenters. The summed E-state index contributed by atoms with van der Waals surface area (Å²) in [6.07, 6.45) is 1.17. The number of sulfonamides is 1. The first kappa shape index (κ1) is 25.9. The topological polar surface area (TPSA) is 94.2 Å². The Bertz CT molecular complexity index is 1240. The standard InChI is InChI=1S/C26H30N2O6S/c1-5-34-23-13-11-22(12-14-23)28(35(4,30)31)18-19-6-9-21(10-7-19)26(29)27-17-20-8-15-24(32-2)25(16-20)33-3/h6-16H,5,17-18H2,1-4H3,(H,27,29). The van der Waals surface area contributed by atoms with Crippen molar-refractivity contribution in [1.82, 2.24) is 5.32 Å². The molecule has 3 aromatic rings. The lowest BCUT2D eigenvalue weighted by atomic mass is 10.1. The van der Waals surface area contributed by atoms with E-state index in [0.717, 1.165) is 11.1 Å². The SMILES string of the molecule is CCOc1ccc(N(Cc2ccc(C(=O)NCc3ccc(OC)c(OC)c3)cc2)S(C)(=O)=O)cc1. The Morgan fingerprint density at radius 3 is 2.09 bits per heavy atom. The highest BCUT2D eigenvalue weighted by Gasteiger charge is 2.18. The Morgan fingerprint density at radius 2 is 1.51 bits per heavy atom. The third-order valence-electron chi connectivity index (χ3n) is 5.28. The number of carbonyl (C=O) groups is 1. The first-order valence-electron chi connectivity index (χ1n) is 11.0. The number of ether oxygens (including phenoxy) is 3. The van der Waals surface area contributed by atoms with E-state index in [2.05, 4.69) is 5.32 Å². The van der Waals surface area contributed by atoms with Crippen LogP contribution < -0.4 is 23.8 Å². The number of anilines is 1. The first-order valence-corrected chi connectivity index (χ1v) is 12.9. The molecular formula is C26H30N2O6S. The molecule has 0 aliphatic heterocycles. The van der Waals surface area contributed by atoms with Gasteiger partial charge in [-0.15, -0.1) is 0 Å². The Hall–Kier alpha value is -3.72. The maximum atomic E-state index is 12.6. The fraction of sp³-hybridized carbons (Fsp3) is 0.269.